The first-order valence-corrected chi connectivity index (χ1v) is 11.8. The van der Waals surface area contributed by atoms with Gasteiger partial charge in [-0.1, -0.05) is 18.2 Å². The minimum atomic E-state index is -3.36. The van der Waals surface area contributed by atoms with E-state index >= 15 is 0 Å². The second-order valence-corrected chi connectivity index (χ2v) is 9.59. The molecule has 0 saturated heterocycles. The molecule has 3 aromatic carbocycles. The average Bonchev–Trinajstić information content (AvgIpc) is 3.09. The highest BCUT2D eigenvalue weighted by Gasteiger charge is 2.33. The van der Waals surface area contributed by atoms with Gasteiger partial charge in [0.15, 0.2) is 0 Å². The molecule has 3 aromatic rings. The van der Waals surface area contributed by atoms with Crippen LogP contribution in [0.25, 0.3) is 0 Å². The molecule has 0 N–H and O–H groups in total. The first-order chi connectivity index (χ1) is 14.7. The summed E-state index contributed by atoms with van der Waals surface area (Å²) in [5, 5.41) is 0. The normalized spacial score (nSPS) is 15.5. The van der Waals surface area contributed by atoms with Crippen LogP contribution in [0.4, 0.5) is 11.4 Å². The van der Waals surface area contributed by atoms with E-state index < -0.39 is 10.0 Å². The summed E-state index contributed by atoms with van der Waals surface area (Å²) in [6.07, 6.45) is 1.79. The third-order valence-corrected chi connectivity index (χ3v) is 6.62. The van der Waals surface area contributed by atoms with Crippen LogP contribution in [0, 0.1) is 0 Å². The maximum Gasteiger partial charge on any atom is 0.258 e. The van der Waals surface area contributed by atoms with E-state index in [4.69, 9.17) is 4.74 Å². The average molecular weight is 437 g/mol. The highest BCUT2D eigenvalue weighted by molar-refractivity contribution is 7.92. The van der Waals surface area contributed by atoms with Crippen LogP contribution in [0.5, 0.6) is 11.5 Å². The van der Waals surface area contributed by atoms with Crippen molar-refractivity contribution in [2.75, 3.05) is 22.5 Å². The van der Waals surface area contributed by atoms with Crippen LogP contribution in [-0.4, -0.2) is 33.7 Å². The molecule has 0 aliphatic carbocycles. The van der Waals surface area contributed by atoms with Crippen molar-refractivity contribution in [2.45, 2.75) is 19.4 Å². The third-order valence-electron chi connectivity index (χ3n) is 5.34. The number of carbonyl (C=O) groups excluding carboxylic acids is 1. The van der Waals surface area contributed by atoms with Gasteiger partial charge in [-0.15, -0.1) is 0 Å². The van der Waals surface area contributed by atoms with Crippen LogP contribution >= 0.6 is 0 Å². The molecule has 31 heavy (non-hydrogen) atoms. The van der Waals surface area contributed by atoms with E-state index in [0.29, 0.717) is 23.4 Å². The van der Waals surface area contributed by atoms with Crippen LogP contribution < -0.4 is 13.9 Å². The third kappa shape index (κ3) is 4.27. The van der Waals surface area contributed by atoms with Gasteiger partial charge in [-0.3, -0.25) is 9.10 Å². The lowest BCUT2D eigenvalue weighted by atomic mass is 10.1. The molecule has 1 atom stereocenters. The number of para-hydroxylation sites is 1. The van der Waals surface area contributed by atoms with Crippen molar-refractivity contribution in [3.05, 3.63) is 83.9 Å². The molecule has 7 heteroatoms. The Balaban J connectivity index is 1.52. The summed E-state index contributed by atoms with van der Waals surface area (Å²) in [4.78, 5) is 14.6. The molecule has 1 heterocycles. The van der Waals surface area contributed by atoms with Gasteiger partial charge < -0.3 is 9.64 Å². The molecule has 4 rings (SSSR count). The second kappa shape index (κ2) is 8.07. The maximum absolute atomic E-state index is 13.0. The fraction of sp³-hybridized carbons (Fsp3) is 0.208. The molecule has 0 bridgehead atoms. The molecule has 0 saturated carbocycles. The highest BCUT2D eigenvalue weighted by atomic mass is 32.2. The number of fused-ring (bicyclic) bond motifs is 1. The van der Waals surface area contributed by atoms with Gasteiger partial charge in [-0.05, 0) is 73.5 Å². The molecule has 6 nitrogen and oxygen atoms in total. The molecule has 0 spiro atoms. The molecule has 1 aliphatic heterocycles. The van der Waals surface area contributed by atoms with E-state index in [-0.39, 0.29) is 11.9 Å². The number of amides is 1. The Labute approximate surface area is 182 Å². The number of carbonyl (C=O) groups is 1. The monoisotopic (exact) mass is 436 g/mol. The number of hydrogen-bond acceptors (Lipinski definition) is 4. The van der Waals surface area contributed by atoms with E-state index in [0.717, 1.165) is 17.0 Å². The summed E-state index contributed by atoms with van der Waals surface area (Å²) in [7, 11) is -1.64. The Morgan fingerprint density at radius 1 is 1.00 bits per heavy atom. The van der Waals surface area contributed by atoms with Crippen molar-refractivity contribution in [1.29, 1.82) is 0 Å². The van der Waals surface area contributed by atoms with Gasteiger partial charge >= 0.3 is 0 Å². The Bertz CT molecular complexity index is 1210. The number of sulfonamides is 1. The Morgan fingerprint density at radius 3 is 2.29 bits per heavy atom. The molecule has 1 unspecified atom stereocenters. The lowest BCUT2D eigenvalue weighted by molar-refractivity contribution is 0.0993. The lowest BCUT2D eigenvalue weighted by Crippen LogP contribution is -2.34. The molecule has 1 amide bonds. The van der Waals surface area contributed by atoms with Crippen molar-refractivity contribution in [2.24, 2.45) is 0 Å². The predicted molar refractivity (Wildman–Crippen MR) is 123 cm³/mol. The summed E-state index contributed by atoms with van der Waals surface area (Å²) in [6, 6.07) is 21.8. The van der Waals surface area contributed by atoms with E-state index in [1.165, 1.54) is 10.6 Å². The fourth-order valence-electron chi connectivity index (χ4n) is 3.91. The summed E-state index contributed by atoms with van der Waals surface area (Å²) >= 11 is 0. The van der Waals surface area contributed by atoms with Gasteiger partial charge in [-0.2, -0.15) is 0 Å². The van der Waals surface area contributed by atoms with Crippen LogP contribution in [0.3, 0.4) is 0 Å². The second-order valence-electron chi connectivity index (χ2n) is 7.73. The Kier molecular flexibility index (Phi) is 5.45. The maximum atomic E-state index is 13.0. The topological polar surface area (TPSA) is 66.9 Å². The van der Waals surface area contributed by atoms with Crippen LogP contribution in [0.2, 0.25) is 0 Å². The van der Waals surface area contributed by atoms with Gasteiger partial charge in [0.05, 0.1) is 11.9 Å². The van der Waals surface area contributed by atoms with Crippen LogP contribution in [-0.2, 0) is 16.4 Å². The van der Waals surface area contributed by atoms with E-state index in [9.17, 15) is 13.2 Å². The lowest BCUT2D eigenvalue weighted by Gasteiger charge is -2.22. The quantitative estimate of drug-likeness (QED) is 0.592. The van der Waals surface area contributed by atoms with Crippen molar-refractivity contribution >= 4 is 27.3 Å². The van der Waals surface area contributed by atoms with E-state index in [1.807, 2.05) is 61.5 Å². The van der Waals surface area contributed by atoms with Gasteiger partial charge in [0, 0.05) is 24.3 Å². The van der Waals surface area contributed by atoms with Gasteiger partial charge in [0.1, 0.15) is 11.5 Å². The van der Waals surface area contributed by atoms with Crippen molar-refractivity contribution in [3.63, 3.8) is 0 Å². The number of benzene rings is 3. The summed E-state index contributed by atoms with van der Waals surface area (Å²) < 4.78 is 31.4. The number of rotatable bonds is 5. The summed E-state index contributed by atoms with van der Waals surface area (Å²) in [6.45, 7) is 1.87. The largest absolute Gasteiger partial charge is 0.457 e. The highest BCUT2D eigenvalue weighted by Crippen LogP contribution is 2.35. The molecular weight excluding hydrogens is 412 g/mol. The van der Waals surface area contributed by atoms with E-state index in [2.05, 4.69) is 0 Å². The first-order valence-electron chi connectivity index (χ1n) is 9.97. The summed E-state index contributed by atoms with van der Waals surface area (Å²) in [5.74, 6) is 1.27. The van der Waals surface area contributed by atoms with Gasteiger partial charge in [0.2, 0.25) is 10.0 Å². The number of hydrogen-bond donors (Lipinski definition) is 0. The SMILES string of the molecule is CC1Cc2cc(C(=O)N(C)c3ccc(Oc4ccccc4)cc3)ccc2N1S(C)(=O)=O. The standard InChI is InChI=1S/C24H24N2O4S/c1-17-15-19-16-18(9-14-23(19)26(17)31(3,28)29)24(27)25(2)20-10-12-22(13-11-20)30-21-7-5-4-6-8-21/h4-14,16-17H,15H2,1-3H3. The minimum Gasteiger partial charge on any atom is -0.457 e. The zero-order valence-corrected chi connectivity index (χ0v) is 18.5. The predicted octanol–water partition coefficient (Wildman–Crippen LogP) is 4.47. The molecule has 0 fully saturated rings. The minimum absolute atomic E-state index is 0.162. The van der Waals surface area contributed by atoms with Crippen molar-refractivity contribution in [1.82, 2.24) is 0 Å². The fourth-order valence-corrected chi connectivity index (χ4v) is 5.18. The number of nitrogens with zero attached hydrogens (tertiary/aromatic N) is 2. The van der Waals surface area contributed by atoms with Gasteiger partial charge in [0.25, 0.3) is 5.91 Å². The molecular formula is C24H24N2O4S. The van der Waals surface area contributed by atoms with Crippen molar-refractivity contribution < 1.29 is 17.9 Å². The number of ether oxygens (including phenoxy) is 1. The zero-order valence-electron chi connectivity index (χ0n) is 17.6. The van der Waals surface area contributed by atoms with E-state index in [1.54, 1.807) is 30.1 Å². The zero-order chi connectivity index (χ0) is 22.2. The Hall–Kier alpha value is -3.32. The number of anilines is 2. The smallest absolute Gasteiger partial charge is 0.258 e. The molecule has 0 radical (unpaired) electrons. The summed E-state index contributed by atoms with van der Waals surface area (Å²) in [5.41, 5.74) is 2.77. The first kappa shape index (κ1) is 20.9. The van der Waals surface area contributed by atoms with Crippen LogP contribution in [0.1, 0.15) is 22.8 Å². The van der Waals surface area contributed by atoms with Crippen molar-refractivity contribution in [3.8, 4) is 11.5 Å². The van der Waals surface area contributed by atoms with Crippen LogP contribution in [0.15, 0.2) is 72.8 Å². The molecule has 160 valence electrons. The van der Waals surface area contributed by atoms with Gasteiger partial charge in [-0.25, -0.2) is 8.42 Å². The Morgan fingerprint density at radius 2 is 1.65 bits per heavy atom. The molecule has 0 aromatic heterocycles. The molecule has 1 aliphatic rings.